The second-order valence-electron chi connectivity index (χ2n) is 8.70. The maximum absolute atomic E-state index is 14.4. The Hall–Kier alpha value is -2.36. The topological polar surface area (TPSA) is 35.5 Å². The fourth-order valence-electron chi connectivity index (χ4n) is 4.42. The monoisotopic (exact) mass is 426 g/mol. The SMILES string of the molecule is CCCCC[C@H]1CC[C@H](OC(=O)Oc2ccc(-c3ccc(CCC)cc3F)cc2)CC1. The van der Waals surface area contributed by atoms with Crippen molar-refractivity contribution in [3.63, 3.8) is 0 Å². The second kappa shape index (κ2) is 11.9. The van der Waals surface area contributed by atoms with Gasteiger partial charge in [0.05, 0.1) is 0 Å². The van der Waals surface area contributed by atoms with Crippen LogP contribution in [0.1, 0.15) is 77.2 Å². The highest BCUT2D eigenvalue weighted by molar-refractivity contribution is 5.67. The summed E-state index contributed by atoms with van der Waals surface area (Å²) in [5.74, 6) is 0.945. The summed E-state index contributed by atoms with van der Waals surface area (Å²) < 4.78 is 25.3. The molecule has 1 aliphatic carbocycles. The van der Waals surface area contributed by atoms with Crippen LogP contribution < -0.4 is 4.74 Å². The number of aryl methyl sites for hydroxylation is 1. The quantitative estimate of drug-likeness (QED) is 0.231. The lowest BCUT2D eigenvalue weighted by Crippen LogP contribution is -2.26. The molecule has 0 atom stereocenters. The summed E-state index contributed by atoms with van der Waals surface area (Å²) in [6, 6.07) is 12.3. The van der Waals surface area contributed by atoms with Crippen molar-refractivity contribution in [1.82, 2.24) is 0 Å². The van der Waals surface area contributed by atoms with Gasteiger partial charge >= 0.3 is 6.16 Å². The van der Waals surface area contributed by atoms with Crippen molar-refractivity contribution in [2.24, 2.45) is 5.92 Å². The van der Waals surface area contributed by atoms with Gasteiger partial charge in [-0.1, -0.05) is 70.2 Å². The van der Waals surface area contributed by atoms with E-state index in [4.69, 9.17) is 9.47 Å². The molecule has 0 radical (unpaired) electrons. The molecule has 3 rings (SSSR count). The number of halogens is 1. The molecule has 168 valence electrons. The predicted molar refractivity (Wildman–Crippen MR) is 123 cm³/mol. The van der Waals surface area contributed by atoms with E-state index in [1.165, 1.54) is 25.7 Å². The van der Waals surface area contributed by atoms with Crippen LogP contribution in [0.2, 0.25) is 0 Å². The largest absolute Gasteiger partial charge is 0.514 e. The van der Waals surface area contributed by atoms with Crippen molar-refractivity contribution in [3.8, 4) is 16.9 Å². The molecule has 0 N–H and O–H groups in total. The lowest BCUT2D eigenvalue weighted by Gasteiger charge is -2.27. The Balaban J connectivity index is 1.47. The zero-order valence-corrected chi connectivity index (χ0v) is 18.9. The lowest BCUT2D eigenvalue weighted by molar-refractivity contribution is 0.0329. The van der Waals surface area contributed by atoms with Crippen molar-refractivity contribution in [2.75, 3.05) is 0 Å². The summed E-state index contributed by atoms with van der Waals surface area (Å²) in [5.41, 5.74) is 2.30. The fourth-order valence-corrected chi connectivity index (χ4v) is 4.42. The Morgan fingerprint density at radius 3 is 2.35 bits per heavy atom. The van der Waals surface area contributed by atoms with Crippen LogP contribution in [-0.2, 0) is 11.2 Å². The number of carbonyl (C=O) groups is 1. The van der Waals surface area contributed by atoms with Gasteiger partial charge in [0.1, 0.15) is 17.7 Å². The van der Waals surface area contributed by atoms with Gasteiger partial charge in [0.2, 0.25) is 0 Å². The van der Waals surface area contributed by atoms with E-state index in [1.54, 1.807) is 30.3 Å². The third-order valence-corrected chi connectivity index (χ3v) is 6.21. The van der Waals surface area contributed by atoms with Crippen LogP contribution in [0.25, 0.3) is 11.1 Å². The second-order valence-corrected chi connectivity index (χ2v) is 8.70. The Morgan fingerprint density at radius 2 is 1.71 bits per heavy atom. The number of hydrogen-bond acceptors (Lipinski definition) is 3. The minimum atomic E-state index is -0.655. The number of unbranched alkanes of at least 4 members (excludes halogenated alkanes) is 2. The number of hydrogen-bond donors (Lipinski definition) is 0. The van der Waals surface area contributed by atoms with E-state index in [1.807, 2.05) is 12.1 Å². The predicted octanol–water partition coefficient (Wildman–Crippen LogP) is 8.10. The van der Waals surface area contributed by atoms with Gasteiger partial charge in [0, 0.05) is 5.56 Å². The molecule has 1 aliphatic rings. The number of benzene rings is 2. The van der Waals surface area contributed by atoms with Crippen molar-refractivity contribution in [3.05, 3.63) is 53.8 Å². The van der Waals surface area contributed by atoms with Gasteiger partial charge in [-0.05, 0) is 67.3 Å². The highest BCUT2D eigenvalue weighted by Gasteiger charge is 2.24. The highest BCUT2D eigenvalue weighted by Crippen LogP contribution is 2.31. The molecule has 0 aliphatic heterocycles. The van der Waals surface area contributed by atoms with Crippen LogP contribution >= 0.6 is 0 Å². The smallest absolute Gasteiger partial charge is 0.431 e. The summed E-state index contributed by atoms with van der Waals surface area (Å²) in [5, 5.41) is 0. The summed E-state index contributed by atoms with van der Waals surface area (Å²) in [6.07, 6.45) is 10.4. The average Bonchev–Trinajstić information content (AvgIpc) is 2.76. The molecule has 1 fully saturated rings. The van der Waals surface area contributed by atoms with Crippen molar-refractivity contribution in [1.29, 1.82) is 0 Å². The first kappa shape index (κ1) is 23.3. The van der Waals surface area contributed by atoms with E-state index >= 15 is 0 Å². The average molecular weight is 427 g/mol. The van der Waals surface area contributed by atoms with E-state index in [-0.39, 0.29) is 11.9 Å². The molecular weight excluding hydrogens is 391 g/mol. The van der Waals surface area contributed by atoms with Crippen molar-refractivity contribution >= 4 is 6.16 Å². The molecule has 4 heteroatoms. The van der Waals surface area contributed by atoms with E-state index in [2.05, 4.69) is 13.8 Å². The number of rotatable bonds is 9. The van der Waals surface area contributed by atoms with Gasteiger partial charge in [-0.15, -0.1) is 0 Å². The van der Waals surface area contributed by atoms with Gasteiger partial charge in [-0.25, -0.2) is 9.18 Å². The molecule has 0 saturated heterocycles. The molecule has 0 amide bonds. The van der Waals surface area contributed by atoms with Gasteiger partial charge in [0.25, 0.3) is 0 Å². The Kier molecular flexibility index (Phi) is 8.93. The molecule has 0 spiro atoms. The Labute approximate surface area is 186 Å². The van der Waals surface area contributed by atoms with Crippen LogP contribution in [0, 0.1) is 11.7 Å². The number of ether oxygens (including phenoxy) is 2. The molecule has 3 nitrogen and oxygen atoms in total. The minimum absolute atomic E-state index is 0.0510. The van der Waals surface area contributed by atoms with Crippen molar-refractivity contribution < 1.29 is 18.7 Å². The van der Waals surface area contributed by atoms with Gasteiger partial charge in [-0.3, -0.25) is 0 Å². The molecule has 31 heavy (non-hydrogen) atoms. The zero-order chi connectivity index (χ0) is 22.1. The van der Waals surface area contributed by atoms with Crippen LogP contribution in [0.3, 0.4) is 0 Å². The first-order valence-corrected chi connectivity index (χ1v) is 11.9. The summed E-state index contributed by atoms with van der Waals surface area (Å²) in [6.45, 7) is 4.31. The maximum atomic E-state index is 14.4. The molecule has 0 bridgehead atoms. The van der Waals surface area contributed by atoms with E-state index in [0.717, 1.165) is 55.6 Å². The molecule has 1 saturated carbocycles. The van der Waals surface area contributed by atoms with Crippen LogP contribution in [0.5, 0.6) is 5.75 Å². The van der Waals surface area contributed by atoms with Gasteiger partial charge in [-0.2, -0.15) is 0 Å². The normalized spacial score (nSPS) is 18.5. The molecule has 2 aromatic rings. The summed E-state index contributed by atoms with van der Waals surface area (Å²) >= 11 is 0. The fraction of sp³-hybridized carbons (Fsp3) is 0.519. The molecule has 0 aromatic heterocycles. The Bertz CT molecular complexity index is 823. The van der Waals surface area contributed by atoms with Gasteiger partial charge < -0.3 is 9.47 Å². The van der Waals surface area contributed by atoms with E-state index in [9.17, 15) is 9.18 Å². The van der Waals surface area contributed by atoms with Crippen LogP contribution in [0.15, 0.2) is 42.5 Å². The molecular formula is C27H35FO3. The van der Waals surface area contributed by atoms with Crippen molar-refractivity contribution in [2.45, 2.75) is 84.2 Å². The molecule has 0 heterocycles. The van der Waals surface area contributed by atoms with Crippen LogP contribution in [0.4, 0.5) is 9.18 Å². The third-order valence-electron chi connectivity index (χ3n) is 6.21. The minimum Gasteiger partial charge on any atom is -0.431 e. The molecule has 0 unspecified atom stereocenters. The zero-order valence-electron chi connectivity index (χ0n) is 18.9. The Morgan fingerprint density at radius 1 is 0.968 bits per heavy atom. The highest BCUT2D eigenvalue weighted by atomic mass is 19.1. The third kappa shape index (κ3) is 7.09. The first-order valence-electron chi connectivity index (χ1n) is 11.9. The number of carbonyl (C=O) groups excluding carboxylic acids is 1. The van der Waals surface area contributed by atoms with E-state index < -0.39 is 6.16 Å². The first-order chi connectivity index (χ1) is 15.1. The molecule has 2 aromatic carbocycles. The summed E-state index contributed by atoms with van der Waals surface area (Å²) in [4.78, 5) is 12.2. The van der Waals surface area contributed by atoms with Crippen LogP contribution in [-0.4, -0.2) is 12.3 Å². The summed E-state index contributed by atoms with van der Waals surface area (Å²) in [7, 11) is 0. The van der Waals surface area contributed by atoms with Gasteiger partial charge in [0.15, 0.2) is 0 Å². The lowest BCUT2D eigenvalue weighted by atomic mass is 9.84. The standard InChI is InChI=1S/C27H35FO3/c1-3-5-6-8-20-9-14-23(15-10-20)30-27(29)31-24-16-12-22(13-17-24)25-18-11-21(7-4-2)19-26(25)28/h11-13,16-20,23H,3-10,14-15H2,1-2H3/t20-,23-. The maximum Gasteiger partial charge on any atom is 0.514 e. The van der Waals surface area contributed by atoms with E-state index in [0.29, 0.717) is 11.3 Å².